The number of amides is 2. The Morgan fingerprint density at radius 2 is 1.71 bits per heavy atom. The van der Waals surface area contributed by atoms with Crippen LogP contribution in [0, 0.1) is 0 Å². The summed E-state index contributed by atoms with van der Waals surface area (Å²) in [7, 11) is 0. The van der Waals surface area contributed by atoms with E-state index in [0.29, 0.717) is 17.9 Å². The standard InChI is InChI=1S/C25H33N3O3/c1-2-3-16-31-23-13-9-11-21(18-23)26-19-24(29)27-22-12-8-10-20(17-22)25(30)28-14-6-4-5-7-15-28/h8-13,17-18,26H,2-7,14-16,19H2,1H3,(H,27,29). The second-order valence-electron chi connectivity index (χ2n) is 7.92. The average molecular weight is 424 g/mol. The molecule has 6 heteroatoms. The summed E-state index contributed by atoms with van der Waals surface area (Å²) in [5, 5.41) is 6.00. The summed E-state index contributed by atoms with van der Waals surface area (Å²) >= 11 is 0. The lowest BCUT2D eigenvalue weighted by Crippen LogP contribution is -2.31. The lowest BCUT2D eigenvalue weighted by Gasteiger charge is -2.20. The molecule has 31 heavy (non-hydrogen) atoms. The van der Waals surface area contributed by atoms with E-state index < -0.39 is 0 Å². The number of carbonyl (C=O) groups is 2. The van der Waals surface area contributed by atoms with Crippen molar-refractivity contribution < 1.29 is 14.3 Å². The minimum absolute atomic E-state index is 0.0380. The predicted molar refractivity (Wildman–Crippen MR) is 125 cm³/mol. The molecule has 2 aromatic carbocycles. The highest BCUT2D eigenvalue weighted by molar-refractivity contribution is 5.98. The fraction of sp³-hybridized carbons (Fsp3) is 0.440. The number of anilines is 2. The lowest BCUT2D eigenvalue weighted by molar-refractivity contribution is -0.114. The van der Waals surface area contributed by atoms with E-state index in [0.717, 1.165) is 50.2 Å². The number of ether oxygens (including phenoxy) is 1. The van der Waals surface area contributed by atoms with Gasteiger partial charge >= 0.3 is 0 Å². The van der Waals surface area contributed by atoms with E-state index in [1.165, 1.54) is 12.8 Å². The first-order chi connectivity index (χ1) is 15.2. The van der Waals surface area contributed by atoms with Crippen LogP contribution in [0.2, 0.25) is 0 Å². The summed E-state index contributed by atoms with van der Waals surface area (Å²) in [6, 6.07) is 14.8. The third-order valence-corrected chi connectivity index (χ3v) is 5.34. The molecule has 0 bridgehead atoms. The van der Waals surface area contributed by atoms with Crippen LogP contribution in [0.3, 0.4) is 0 Å². The first kappa shape index (κ1) is 22.7. The molecule has 2 N–H and O–H groups in total. The number of hydrogen-bond donors (Lipinski definition) is 2. The van der Waals surface area contributed by atoms with E-state index in [1.54, 1.807) is 12.1 Å². The van der Waals surface area contributed by atoms with Crippen LogP contribution in [-0.2, 0) is 4.79 Å². The van der Waals surface area contributed by atoms with Crippen molar-refractivity contribution in [3.8, 4) is 5.75 Å². The number of carbonyl (C=O) groups excluding carboxylic acids is 2. The van der Waals surface area contributed by atoms with Crippen LogP contribution >= 0.6 is 0 Å². The fourth-order valence-corrected chi connectivity index (χ4v) is 3.60. The van der Waals surface area contributed by atoms with Crippen molar-refractivity contribution in [3.05, 3.63) is 54.1 Å². The summed E-state index contributed by atoms with van der Waals surface area (Å²) in [6.45, 7) is 4.55. The molecule has 1 saturated heterocycles. The van der Waals surface area contributed by atoms with Gasteiger partial charge in [0.2, 0.25) is 5.91 Å². The van der Waals surface area contributed by atoms with E-state index in [9.17, 15) is 9.59 Å². The summed E-state index contributed by atoms with van der Waals surface area (Å²) in [4.78, 5) is 27.1. The van der Waals surface area contributed by atoms with E-state index in [1.807, 2.05) is 41.3 Å². The normalized spacial score (nSPS) is 13.9. The molecule has 0 unspecified atom stereocenters. The topological polar surface area (TPSA) is 70.7 Å². The molecule has 0 aromatic heterocycles. The van der Waals surface area contributed by atoms with Crippen LogP contribution < -0.4 is 15.4 Å². The van der Waals surface area contributed by atoms with Crippen molar-refractivity contribution >= 4 is 23.2 Å². The molecular weight excluding hydrogens is 390 g/mol. The molecule has 1 aliphatic heterocycles. The van der Waals surface area contributed by atoms with Gasteiger partial charge in [-0.3, -0.25) is 9.59 Å². The first-order valence-corrected chi connectivity index (χ1v) is 11.3. The second-order valence-corrected chi connectivity index (χ2v) is 7.92. The third kappa shape index (κ3) is 7.31. The molecule has 6 nitrogen and oxygen atoms in total. The van der Waals surface area contributed by atoms with E-state index in [-0.39, 0.29) is 18.4 Å². The van der Waals surface area contributed by atoms with Crippen molar-refractivity contribution in [2.45, 2.75) is 45.4 Å². The van der Waals surface area contributed by atoms with Crippen molar-refractivity contribution in [1.82, 2.24) is 4.90 Å². The summed E-state index contributed by atoms with van der Waals surface area (Å²) in [6.07, 6.45) is 6.57. The Kier molecular flexibility index (Phi) is 8.76. The van der Waals surface area contributed by atoms with Crippen LogP contribution in [0.4, 0.5) is 11.4 Å². The van der Waals surface area contributed by atoms with Crippen molar-refractivity contribution in [2.75, 3.05) is 36.9 Å². The lowest BCUT2D eigenvalue weighted by atomic mass is 10.1. The summed E-state index contributed by atoms with van der Waals surface area (Å²) in [5.74, 6) is 0.659. The number of benzene rings is 2. The Bertz CT molecular complexity index is 861. The summed E-state index contributed by atoms with van der Waals surface area (Å²) < 4.78 is 5.71. The molecular formula is C25H33N3O3. The van der Waals surface area contributed by atoms with Gasteiger partial charge in [-0.05, 0) is 49.6 Å². The Hall–Kier alpha value is -3.02. The van der Waals surface area contributed by atoms with Crippen LogP contribution in [0.5, 0.6) is 5.75 Å². The zero-order valence-corrected chi connectivity index (χ0v) is 18.4. The average Bonchev–Trinajstić information content (AvgIpc) is 3.08. The second kappa shape index (κ2) is 12.0. The number of unbranched alkanes of at least 4 members (excludes halogenated alkanes) is 1. The van der Waals surface area contributed by atoms with E-state index in [2.05, 4.69) is 17.6 Å². The van der Waals surface area contributed by atoms with Gasteiger partial charge in [0.25, 0.3) is 5.91 Å². The van der Waals surface area contributed by atoms with Crippen LogP contribution in [0.1, 0.15) is 55.8 Å². The van der Waals surface area contributed by atoms with Gasteiger partial charge in [-0.15, -0.1) is 0 Å². The largest absolute Gasteiger partial charge is 0.494 e. The number of likely N-dealkylation sites (tertiary alicyclic amines) is 1. The van der Waals surface area contributed by atoms with E-state index >= 15 is 0 Å². The molecule has 1 aliphatic rings. The number of nitrogens with zero attached hydrogens (tertiary/aromatic N) is 1. The van der Waals surface area contributed by atoms with Gasteiger partial charge in [0, 0.05) is 36.1 Å². The van der Waals surface area contributed by atoms with Crippen LogP contribution in [0.15, 0.2) is 48.5 Å². The van der Waals surface area contributed by atoms with Gasteiger partial charge in [0.15, 0.2) is 0 Å². The molecule has 166 valence electrons. The molecule has 0 aliphatic carbocycles. The highest BCUT2D eigenvalue weighted by Gasteiger charge is 2.17. The maximum absolute atomic E-state index is 12.8. The van der Waals surface area contributed by atoms with Gasteiger partial charge in [-0.2, -0.15) is 0 Å². The van der Waals surface area contributed by atoms with Crippen LogP contribution in [-0.4, -0.2) is 43.0 Å². The predicted octanol–water partition coefficient (Wildman–Crippen LogP) is 4.93. The number of hydrogen-bond acceptors (Lipinski definition) is 4. The Labute approximate surface area is 185 Å². The molecule has 0 spiro atoms. The molecule has 2 amide bonds. The van der Waals surface area contributed by atoms with Crippen LogP contribution in [0.25, 0.3) is 0 Å². The van der Waals surface area contributed by atoms with Gasteiger partial charge in [-0.25, -0.2) is 0 Å². The molecule has 0 radical (unpaired) electrons. The zero-order chi connectivity index (χ0) is 21.9. The van der Waals surface area contributed by atoms with E-state index in [4.69, 9.17) is 4.74 Å². The van der Waals surface area contributed by atoms with Crippen molar-refractivity contribution in [2.24, 2.45) is 0 Å². The molecule has 1 fully saturated rings. The van der Waals surface area contributed by atoms with Gasteiger partial charge in [0.05, 0.1) is 13.2 Å². The molecule has 0 saturated carbocycles. The van der Waals surface area contributed by atoms with Gasteiger partial charge < -0.3 is 20.3 Å². The zero-order valence-electron chi connectivity index (χ0n) is 18.4. The van der Waals surface area contributed by atoms with Gasteiger partial charge in [0.1, 0.15) is 5.75 Å². The minimum atomic E-state index is -0.170. The number of rotatable bonds is 9. The Morgan fingerprint density at radius 1 is 0.968 bits per heavy atom. The van der Waals surface area contributed by atoms with Crippen molar-refractivity contribution in [1.29, 1.82) is 0 Å². The SMILES string of the molecule is CCCCOc1cccc(NCC(=O)Nc2cccc(C(=O)N3CCCCCC3)c2)c1. The molecule has 2 aromatic rings. The van der Waals surface area contributed by atoms with Gasteiger partial charge in [-0.1, -0.05) is 38.3 Å². The maximum atomic E-state index is 12.8. The maximum Gasteiger partial charge on any atom is 0.253 e. The fourth-order valence-electron chi connectivity index (χ4n) is 3.60. The quantitative estimate of drug-likeness (QED) is 0.561. The Morgan fingerprint density at radius 3 is 2.48 bits per heavy atom. The smallest absolute Gasteiger partial charge is 0.253 e. The number of nitrogens with one attached hydrogen (secondary N) is 2. The molecule has 1 heterocycles. The first-order valence-electron chi connectivity index (χ1n) is 11.3. The highest BCUT2D eigenvalue weighted by Crippen LogP contribution is 2.18. The molecule has 3 rings (SSSR count). The summed E-state index contributed by atoms with van der Waals surface area (Å²) in [5.41, 5.74) is 2.07. The van der Waals surface area contributed by atoms with Crippen molar-refractivity contribution in [3.63, 3.8) is 0 Å². The third-order valence-electron chi connectivity index (χ3n) is 5.34. The molecule has 0 atom stereocenters. The monoisotopic (exact) mass is 423 g/mol. The minimum Gasteiger partial charge on any atom is -0.494 e. The Balaban J connectivity index is 1.52. The highest BCUT2D eigenvalue weighted by atomic mass is 16.5.